The first-order valence-electron chi connectivity index (χ1n) is 7.44. The molecule has 0 bridgehead atoms. The van der Waals surface area contributed by atoms with E-state index in [0.717, 1.165) is 26.9 Å². The number of nitrogens with zero attached hydrogens (tertiary/aromatic N) is 1. The number of benzene rings is 2. The molecular formula is C18H16BrN3O2. The Hall–Kier alpha value is -2.44. The molecule has 0 saturated carbocycles. The van der Waals surface area contributed by atoms with E-state index < -0.39 is 0 Å². The molecule has 0 aliphatic heterocycles. The summed E-state index contributed by atoms with van der Waals surface area (Å²) in [4.78, 5) is 12.2. The van der Waals surface area contributed by atoms with Crippen molar-refractivity contribution in [1.29, 1.82) is 0 Å². The molecule has 3 N–H and O–H groups in total. The van der Waals surface area contributed by atoms with Gasteiger partial charge in [-0.15, -0.1) is 0 Å². The summed E-state index contributed by atoms with van der Waals surface area (Å²) in [6.07, 6.45) is 0. The summed E-state index contributed by atoms with van der Waals surface area (Å²) in [5, 5.41) is 18.9. The number of H-pyrrole nitrogens is 1. The van der Waals surface area contributed by atoms with Gasteiger partial charge in [-0.25, -0.2) is 0 Å². The lowest BCUT2D eigenvalue weighted by Crippen LogP contribution is -2.23. The molecule has 0 atom stereocenters. The molecule has 0 aliphatic rings. The van der Waals surface area contributed by atoms with Crippen LogP contribution in [-0.4, -0.2) is 21.2 Å². The van der Waals surface area contributed by atoms with Crippen molar-refractivity contribution in [2.45, 2.75) is 13.2 Å². The number of halogens is 1. The molecule has 0 fully saturated rings. The molecule has 3 rings (SSSR count). The fourth-order valence-electron chi connectivity index (χ4n) is 2.32. The maximum Gasteiger partial charge on any atom is 0.269 e. The Bertz CT molecular complexity index is 843. The van der Waals surface area contributed by atoms with Crippen LogP contribution < -0.4 is 5.32 Å². The summed E-state index contributed by atoms with van der Waals surface area (Å²) >= 11 is 3.39. The topological polar surface area (TPSA) is 78.0 Å². The van der Waals surface area contributed by atoms with Gasteiger partial charge in [-0.2, -0.15) is 5.10 Å². The quantitative estimate of drug-likeness (QED) is 0.630. The molecule has 1 heterocycles. The van der Waals surface area contributed by atoms with Crippen molar-refractivity contribution in [2.24, 2.45) is 0 Å². The van der Waals surface area contributed by atoms with Crippen LogP contribution >= 0.6 is 15.9 Å². The normalized spacial score (nSPS) is 10.6. The molecule has 2 aromatic carbocycles. The van der Waals surface area contributed by atoms with Crippen LogP contribution in [0.3, 0.4) is 0 Å². The second kappa shape index (κ2) is 7.42. The number of aromatic amines is 1. The van der Waals surface area contributed by atoms with Gasteiger partial charge in [-0.3, -0.25) is 9.89 Å². The van der Waals surface area contributed by atoms with Gasteiger partial charge in [0.2, 0.25) is 0 Å². The molecule has 5 nitrogen and oxygen atoms in total. The van der Waals surface area contributed by atoms with E-state index in [0.29, 0.717) is 12.2 Å². The second-order valence-electron chi connectivity index (χ2n) is 5.33. The molecule has 3 aromatic rings. The molecule has 6 heteroatoms. The Labute approximate surface area is 147 Å². The zero-order chi connectivity index (χ0) is 16.9. The molecule has 0 aliphatic carbocycles. The third kappa shape index (κ3) is 3.90. The zero-order valence-electron chi connectivity index (χ0n) is 12.8. The Balaban J connectivity index is 1.66. The van der Waals surface area contributed by atoms with Crippen LogP contribution in [0.4, 0.5) is 0 Å². The minimum atomic E-state index is -0.222. The van der Waals surface area contributed by atoms with Gasteiger partial charge >= 0.3 is 0 Å². The number of carbonyl (C=O) groups excluding carboxylic acids is 1. The molecule has 0 spiro atoms. The third-order valence-corrected chi connectivity index (χ3v) is 4.12. The summed E-state index contributed by atoms with van der Waals surface area (Å²) < 4.78 is 0.991. The molecule has 0 radical (unpaired) electrons. The van der Waals surface area contributed by atoms with Gasteiger partial charge in [0.15, 0.2) is 0 Å². The van der Waals surface area contributed by atoms with E-state index >= 15 is 0 Å². The number of hydrogen-bond donors (Lipinski definition) is 3. The number of nitrogens with one attached hydrogen (secondary N) is 2. The van der Waals surface area contributed by atoms with Crippen LogP contribution in [0.25, 0.3) is 11.3 Å². The van der Waals surface area contributed by atoms with Crippen LogP contribution in [0, 0.1) is 0 Å². The van der Waals surface area contributed by atoms with E-state index in [4.69, 9.17) is 5.11 Å². The van der Waals surface area contributed by atoms with Crippen molar-refractivity contribution in [3.05, 3.63) is 75.9 Å². The van der Waals surface area contributed by atoms with Gasteiger partial charge in [-0.05, 0) is 29.3 Å². The van der Waals surface area contributed by atoms with Crippen LogP contribution in [0.2, 0.25) is 0 Å². The molecule has 0 unspecified atom stereocenters. The fraction of sp³-hybridized carbons (Fsp3) is 0.111. The second-order valence-corrected chi connectivity index (χ2v) is 6.25. The number of aromatic nitrogens is 2. The number of carbonyl (C=O) groups is 1. The van der Waals surface area contributed by atoms with Crippen molar-refractivity contribution in [1.82, 2.24) is 15.5 Å². The third-order valence-electron chi connectivity index (χ3n) is 3.59. The van der Waals surface area contributed by atoms with Crippen molar-refractivity contribution >= 4 is 21.8 Å². The van der Waals surface area contributed by atoms with Crippen molar-refractivity contribution in [3.8, 4) is 11.3 Å². The molecule has 122 valence electrons. The van der Waals surface area contributed by atoms with Crippen molar-refractivity contribution < 1.29 is 9.90 Å². The molecular weight excluding hydrogens is 370 g/mol. The monoisotopic (exact) mass is 385 g/mol. The summed E-state index contributed by atoms with van der Waals surface area (Å²) in [5.74, 6) is -0.222. The maximum atomic E-state index is 12.2. The van der Waals surface area contributed by atoms with Crippen LogP contribution in [0.1, 0.15) is 21.6 Å². The maximum absolute atomic E-state index is 12.2. The van der Waals surface area contributed by atoms with E-state index in [-0.39, 0.29) is 12.5 Å². The zero-order valence-corrected chi connectivity index (χ0v) is 14.4. The highest BCUT2D eigenvalue weighted by atomic mass is 79.9. The van der Waals surface area contributed by atoms with Gasteiger partial charge in [0.25, 0.3) is 5.91 Å². The lowest BCUT2D eigenvalue weighted by atomic mass is 10.1. The first-order valence-corrected chi connectivity index (χ1v) is 8.23. The number of aliphatic hydroxyl groups excluding tert-OH is 1. The number of amides is 1. The number of aliphatic hydroxyl groups is 1. The van der Waals surface area contributed by atoms with E-state index in [9.17, 15) is 4.79 Å². The predicted octanol–water partition coefficient (Wildman–Crippen LogP) is 3.26. The summed E-state index contributed by atoms with van der Waals surface area (Å²) in [6.45, 7) is 0.373. The van der Waals surface area contributed by atoms with Gasteiger partial charge in [-0.1, -0.05) is 52.3 Å². The molecule has 0 saturated heterocycles. The van der Waals surface area contributed by atoms with E-state index in [1.54, 1.807) is 6.07 Å². The first kappa shape index (κ1) is 16.4. The Morgan fingerprint density at radius 2 is 1.88 bits per heavy atom. The highest BCUT2D eigenvalue weighted by Gasteiger charge is 2.11. The Kier molecular flexibility index (Phi) is 5.08. The van der Waals surface area contributed by atoms with E-state index in [1.165, 1.54) is 0 Å². The molecule has 24 heavy (non-hydrogen) atoms. The standard InChI is InChI=1S/C18H16BrN3O2/c19-15-6-4-14(5-7-15)16-9-17(22-21-16)18(24)20-10-12-2-1-3-13(8-12)11-23/h1-9,23H,10-11H2,(H,20,24)(H,21,22). The van der Waals surface area contributed by atoms with Crippen molar-refractivity contribution in [3.63, 3.8) is 0 Å². The van der Waals surface area contributed by atoms with E-state index in [2.05, 4.69) is 31.4 Å². The van der Waals surface area contributed by atoms with Crippen LogP contribution in [0.15, 0.2) is 59.1 Å². The largest absolute Gasteiger partial charge is 0.392 e. The highest BCUT2D eigenvalue weighted by Crippen LogP contribution is 2.20. The molecule has 1 amide bonds. The number of rotatable bonds is 5. The highest BCUT2D eigenvalue weighted by molar-refractivity contribution is 9.10. The lowest BCUT2D eigenvalue weighted by molar-refractivity contribution is 0.0946. The minimum absolute atomic E-state index is 0.0150. The minimum Gasteiger partial charge on any atom is -0.392 e. The SMILES string of the molecule is O=C(NCc1cccc(CO)c1)c1cc(-c2ccc(Br)cc2)n[nH]1. The average Bonchev–Trinajstić information content (AvgIpc) is 3.10. The van der Waals surface area contributed by atoms with Crippen LogP contribution in [-0.2, 0) is 13.2 Å². The van der Waals surface area contributed by atoms with E-state index in [1.807, 2.05) is 48.5 Å². The smallest absolute Gasteiger partial charge is 0.269 e. The van der Waals surface area contributed by atoms with Gasteiger partial charge in [0, 0.05) is 16.6 Å². The lowest BCUT2D eigenvalue weighted by Gasteiger charge is -2.05. The summed E-state index contributed by atoms with van der Waals surface area (Å²) in [7, 11) is 0. The van der Waals surface area contributed by atoms with Crippen LogP contribution in [0.5, 0.6) is 0 Å². The van der Waals surface area contributed by atoms with Crippen molar-refractivity contribution in [2.75, 3.05) is 0 Å². The number of hydrogen-bond acceptors (Lipinski definition) is 3. The molecule has 1 aromatic heterocycles. The first-order chi connectivity index (χ1) is 11.7. The van der Waals surface area contributed by atoms with Gasteiger partial charge in [0.05, 0.1) is 12.3 Å². The fourth-order valence-corrected chi connectivity index (χ4v) is 2.59. The Morgan fingerprint density at radius 3 is 2.62 bits per heavy atom. The van der Waals surface area contributed by atoms with Gasteiger partial charge in [0.1, 0.15) is 5.69 Å². The average molecular weight is 386 g/mol. The predicted molar refractivity (Wildman–Crippen MR) is 95.3 cm³/mol. The summed E-state index contributed by atoms with van der Waals surface area (Å²) in [5.41, 5.74) is 3.81. The van der Waals surface area contributed by atoms with Gasteiger partial charge < -0.3 is 10.4 Å². The summed E-state index contributed by atoms with van der Waals surface area (Å²) in [6, 6.07) is 16.9. The Morgan fingerprint density at radius 1 is 1.12 bits per heavy atom.